The molecule has 0 aliphatic carbocycles. The van der Waals surface area contributed by atoms with Crippen molar-refractivity contribution in [3.8, 4) is 0 Å². The number of carbonyl (C=O) groups is 3. The minimum Gasteiger partial charge on any atom is -0.505 e. The molecule has 0 saturated carbocycles. The van der Waals surface area contributed by atoms with Gasteiger partial charge in [-0.25, -0.2) is 9.59 Å². The molecular formula is C13H15F2NO6. The Morgan fingerprint density at radius 3 is 2.59 bits per heavy atom. The van der Waals surface area contributed by atoms with E-state index in [0.29, 0.717) is 4.90 Å². The standard InChI is InChI=1S/C13H15F2NO6/c1-3-22-12(20)8-9(17)13(14,15)7-5-4-6(11(19)21-2)16(7)10(8)18/h6-7,17H,3-5H2,1-2H3/t6-,7?/m0/s1. The summed E-state index contributed by atoms with van der Waals surface area (Å²) in [5.41, 5.74) is -1.14. The van der Waals surface area contributed by atoms with Crippen LogP contribution in [0.2, 0.25) is 0 Å². The van der Waals surface area contributed by atoms with Crippen molar-refractivity contribution in [3.63, 3.8) is 0 Å². The molecule has 0 aromatic carbocycles. The van der Waals surface area contributed by atoms with Crippen molar-refractivity contribution in [1.82, 2.24) is 4.90 Å². The molecule has 0 bridgehead atoms. The number of rotatable bonds is 3. The highest BCUT2D eigenvalue weighted by Crippen LogP contribution is 2.44. The lowest BCUT2D eigenvalue weighted by Gasteiger charge is -2.37. The van der Waals surface area contributed by atoms with Crippen LogP contribution in [0.4, 0.5) is 8.78 Å². The predicted octanol–water partition coefficient (Wildman–Crippen LogP) is 0.543. The number of alkyl halides is 2. The van der Waals surface area contributed by atoms with Crippen LogP contribution >= 0.6 is 0 Å². The van der Waals surface area contributed by atoms with Crippen molar-refractivity contribution >= 4 is 17.8 Å². The first-order valence-electron chi connectivity index (χ1n) is 6.66. The second kappa shape index (κ2) is 5.54. The molecule has 0 aromatic rings. The van der Waals surface area contributed by atoms with Gasteiger partial charge in [-0.1, -0.05) is 0 Å². The highest BCUT2D eigenvalue weighted by atomic mass is 19.3. The molecule has 2 aliphatic heterocycles. The number of aliphatic hydroxyl groups is 1. The zero-order chi connectivity index (χ0) is 16.7. The molecule has 0 radical (unpaired) electrons. The number of hydrogen-bond donors (Lipinski definition) is 1. The second-order valence-electron chi connectivity index (χ2n) is 4.91. The third-order valence-corrected chi connectivity index (χ3v) is 3.76. The van der Waals surface area contributed by atoms with Crippen LogP contribution in [0, 0.1) is 0 Å². The molecule has 2 heterocycles. The van der Waals surface area contributed by atoms with Gasteiger partial charge in [-0.3, -0.25) is 4.79 Å². The molecular weight excluding hydrogens is 304 g/mol. The van der Waals surface area contributed by atoms with E-state index in [1.165, 1.54) is 6.92 Å². The van der Waals surface area contributed by atoms with E-state index in [-0.39, 0.29) is 19.4 Å². The third-order valence-electron chi connectivity index (χ3n) is 3.76. The van der Waals surface area contributed by atoms with Crippen molar-refractivity contribution in [2.24, 2.45) is 0 Å². The van der Waals surface area contributed by atoms with Crippen LogP contribution in [0.5, 0.6) is 0 Å². The first kappa shape index (κ1) is 16.2. The van der Waals surface area contributed by atoms with E-state index in [1.54, 1.807) is 0 Å². The summed E-state index contributed by atoms with van der Waals surface area (Å²) >= 11 is 0. The highest BCUT2D eigenvalue weighted by molar-refractivity contribution is 6.18. The average molecular weight is 319 g/mol. The Labute approximate surface area is 124 Å². The molecule has 22 heavy (non-hydrogen) atoms. The number of esters is 2. The average Bonchev–Trinajstić information content (AvgIpc) is 2.91. The monoisotopic (exact) mass is 319 g/mol. The number of methoxy groups -OCH3 is 1. The summed E-state index contributed by atoms with van der Waals surface area (Å²) in [6, 6.07) is -2.91. The number of halogens is 2. The second-order valence-corrected chi connectivity index (χ2v) is 4.91. The minimum absolute atomic E-state index is 0.0396. The van der Waals surface area contributed by atoms with Gasteiger partial charge in [0.1, 0.15) is 12.1 Å². The van der Waals surface area contributed by atoms with Crippen LogP contribution in [0.1, 0.15) is 19.8 Å². The molecule has 0 aromatic heterocycles. The fraction of sp³-hybridized carbons (Fsp3) is 0.615. The molecule has 2 rings (SSSR count). The van der Waals surface area contributed by atoms with Gasteiger partial charge in [-0.15, -0.1) is 0 Å². The number of amides is 1. The zero-order valence-corrected chi connectivity index (χ0v) is 12.0. The van der Waals surface area contributed by atoms with Gasteiger partial charge in [0, 0.05) is 0 Å². The van der Waals surface area contributed by atoms with Gasteiger partial charge in [0.15, 0.2) is 11.3 Å². The highest BCUT2D eigenvalue weighted by Gasteiger charge is 2.61. The van der Waals surface area contributed by atoms with Crippen LogP contribution in [0.25, 0.3) is 0 Å². The summed E-state index contributed by atoms with van der Waals surface area (Å²) in [6.45, 7) is 1.27. The van der Waals surface area contributed by atoms with Crippen LogP contribution in [0.3, 0.4) is 0 Å². The fourth-order valence-corrected chi connectivity index (χ4v) is 2.76. The van der Waals surface area contributed by atoms with Crippen molar-refractivity contribution in [2.75, 3.05) is 13.7 Å². The molecule has 0 spiro atoms. The maximum absolute atomic E-state index is 14.3. The predicted molar refractivity (Wildman–Crippen MR) is 66.9 cm³/mol. The molecule has 1 N–H and O–H groups in total. The van der Waals surface area contributed by atoms with E-state index in [9.17, 15) is 28.3 Å². The summed E-state index contributed by atoms with van der Waals surface area (Å²) in [5.74, 6) is -8.80. The normalized spacial score (nSPS) is 26.7. The fourth-order valence-electron chi connectivity index (χ4n) is 2.76. The van der Waals surface area contributed by atoms with Crippen molar-refractivity contribution < 1.29 is 37.7 Å². The van der Waals surface area contributed by atoms with Gasteiger partial charge in [-0.05, 0) is 19.8 Å². The maximum Gasteiger partial charge on any atom is 0.347 e. The smallest absolute Gasteiger partial charge is 0.347 e. The molecule has 2 aliphatic rings. The van der Waals surface area contributed by atoms with E-state index in [2.05, 4.69) is 9.47 Å². The lowest BCUT2D eigenvalue weighted by Crippen LogP contribution is -2.58. The maximum atomic E-state index is 14.3. The number of fused-ring (bicyclic) bond motifs is 1. The number of hydrogen-bond acceptors (Lipinski definition) is 6. The molecule has 7 nitrogen and oxygen atoms in total. The molecule has 1 amide bonds. The van der Waals surface area contributed by atoms with Crippen molar-refractivity contribution in [3.05, 3.63) is 11.3 Å². The Morgan fingerprint density at radius 1 is 1.41 bits per heavy atom. The van der Waals surface area contributed by atoms with Gasteiger partial charge in [0.2, 0.25) is 0 Å². The lowest BCUT2D eigenvalue weighted by atomic mass is 9.96. The van der Waals surface area contributed by atoms with E-state index >= 15 is 0 Å². The summed E-state index contributed by atoms with van der Waals surface area (Å²) in [4.78, 5) is 36.3. The van der Waals surface area contributed by atoms with Crippen LogP contribution in [0.15, 0.2) is 11.3 Å². The van der Waals surface area contributed by atoms with Gasteiger partial charge < -0.3 is 19.5 Å². The first-order chi connectivity index (χ1) is 10.3. The molecule has 1 unspecified atom stereocenters. The van der Waals surface area contributed by atoms with Crippen LogP contribution in [-0.2, 0) is 23.9 Å². The van der Waals surface area contributed by atoms with Crippen LogP contribution < -0.4 is 0 Å². The van der Waals surface area contributed by atoms with Gasteiger partial charge in [0.25, 0.3) is 5.91 Å². The Morgan fingerprint density at radius 2 is 2.05 bits per heavy atom. The van der Waals surface area contributed by atoms with E-state index in [0.717, 1.165) is 7.11 Å². The summed E-state index contributed by atoms with van der Waals surface area (Å²) in [5, 5.41) is 9.66. The van der Waals surface area contributed by atoms with E-state index < -0.39 is 47.2 Å². The first-order valence-corrected chi connectivity index (χ1v) is 6.66. The topological polar surface area (TPSA) is 93.1 Å². The summed E-state index contributed by atoms with van der Waals surface area (Å²) in [6.07, 6.45) is -0.235. The SMILES string of the molecule is CCOC(=O)C1=C(O)C(F)(F)C2CC[C@@H](C(=O)OC)N2C1=O. The number of nitrogens with zero attached hydrogens (tertiary/aromatic N) is 1. The molecule has 122 valence electrons. The molecule has 2 atom stereocenters. The molecule has 1 saturated heterocycles. The van der Waals surface area contributed by atoms with Gasteiger partial charge >= 0.3 is 17.9 Å². The van der Waals surface area contributed by atoms with Gasteiger partial charge in [0.05, 0.1) is 13.7 Å². The Bertz CT molecular complexity index is 559. The minimum atomic E-state index is -3.83. The van der Waals surface area contributed by atoms with Crippen LogP contribution in [-0.4, -0.2) is 59.6 Å². The Balaban J connectivity index is 2.49. The Kier molecular flexibility index (Phi) is 4.08. The summed E-state index contributed by atoms with van der Waals surface area (Å²) in [7, 11) is 1.07. The molecule has 9 heteroatoms. The number of carbonyl (C=O) groups excluding carboxylic acids is 3. The van der Waals surface area contributed by atoms with Gasteiger partial charge in [-0.2, -0.15) is 8.78 Å². The quantitative estimate of drug-likeness (QED) is 0.603. The Hall–Kier alpha value is -2.19. The van der Waals surface area contributed by atoms with E-state index in [1.807, 2.05) is 0 Å². The zero-order valence-electron chi connectivity index (χ0n) is 12.0. The van der Waals surface area contributed by atoms with E-state index in [4.69, 9.17) is 0 Å². The van der Waals surface area contributed by atoms with Crippen molar-refractivity contribution in [2.45, 2.75) is 37.8 Å². The largest absolute Gasteiger partial charge is 0.505 e. The summed E-state index contributed by atoms with van der Waals surface area (Å²) < 4.78 is 37.5. The van der Waals surface area contributed by atoms with Crippen molar-refractivity contribution in [1.29, 1.82) is 0 Å². The molecule has 1 fully saturated rings. The number of ether oxygens (including phenoxy) is 2. The third kappa shape index (κ3) is 2.20. The number of aliphatic hydroxyl groups excluding tert-OH is 1. The lowest BCUT2D eigenvalue weighted by molar-refractivity contribution is -0.162.